The molecule has 0 bridgehead atoms. The Kier molecular flexibility index (Phi) is 3.83. The van der Waals surface area contributed by atoms with Gasteiger partial charge in [0.1, 0.15) is 5.78 Å². The number of aliphatic carboxylic acids is 1. The fourth-order valence-electron chi connectivity index (χ4n) is 2.44. The Morgan fingerprint density at radius 2 is 1.88 bits per heavy atom. The predicted molar refractivity (Wildman–Crippen MR) is 57.9 cm³/mol. The molecule has 1 saturated carbocycles. The standard InChI is InChI=1S/C12H18O4/c1-6(2)8-5-4-7(3)9(10(8)13)11(14)12(15)16/h6-9H,4-5H2,1-3H3,(H,15,16)/t7-,8?,9?/m1/s1. The van der Waals surface area contributed by atoms with E-state index in [0.29, 0.717) is 0 Å². The van der Waals surface area contributed by atoms with E-state index in [-0.39, 0.29) is 23.5 Å². The average molecular weight is 226 g/mol. The molecule has 1 aliphatic rings. The van der Waals surface area contributed by atoms with Gasteiger partial charge in [0, 0.05) is 5.92 Å². The molecule has 1 rings (SSSR count). The van der Waals surface area contributed by atoms with Gasteiger partial charge in [0.05, 0.1) is 5.92 Å². The van der Waals surface area contributed by atoms with Crippen molar-refractivity contribution < 1.29 is 19.5 Å². The van der Waals surface area contributed by atoms with Crippen LogP contribution < -0.4 is 0 Å². The molecule has 1 fully saturated rings. The van der Waals surface area contributed by atoms with Crippen molar-refractivity contribution in [1.82, 2.24) is 0 Å². The van der Waals surface area contributed by atoms with Crippen LogP contribution in [-0.2, 0) is 14.4 Å². The van der Waals surface area contributed by atoms with Gasteiger partial charge in [-0.15, -0.1) is 0 Å². The summed E-state index contributed by atoms with van der Waals surface area (Å²) in [5.74, 6) is -3.68. The number of carbonyl (C=O) groups is 3. The van der Waals surface area contributed by atoms with E-state index in [1.165, 1.54) is 0 Å². The molecule has 3 atom stereocenters. The van der Waals surface area contributed by atoms with E-state index in [9.17, 15) is 14.4 Å². The zero-order valence-electron chi connectivity index (χ0n) is 9.90. The molecule has 2 unspecified atom stereocenters. The number of rotatable bonds is 3. The van der Waals surface area contributed by atoms with E-state index in [2.05, 4.69) is 0 Å². The van der Waals surface area contributed by atoms with Crippen LogP contribution in [0.25, 0.3) is 0 Å². The topological polar surface area (TPSA) is 71.4 Å². The molecular formula is C12H18O4. The van der Waals surface area contributed by atoms with Gasteiger partial charge < -0.3 is 5.11 Å². The molecule has 0 aromatic rings. The third-order valence-corrected chi connectivity index (χ3v) is 3.47. The number of carboxylic acids is 1. The molecule has 0 saturated heterocycles. The Morgan fingerprint density at radius 3 is 2.31 bits per heavy atom. The third kappa shape index (κ3) is 2.31. The highest BCUT2D eigenvalue weighted by molar-refractivity contribution is 6.37. The van der Waals surface area contributed by atoms with Gasteiger partial charge in [-0.05, 0) is 24.7 Å². The predicted octanol–water partition coefficient (Wildman–Crippen LogP) is 1.53. The third-order valence-electron chi connectivity index (χ3n) is 3.47. The maximum atomic E-state index is 12.0. The zero-order valence-corrected chi connectivity index (χ0v) is 9.90. The molecule has 0 aromatic heterocycles. The summed E-state index contributed by atoms with van der Waals surface area (Å²) in [7, 11) is 0. The monoisotopic (exact) mass is 226 g/mol. The van der Waals surface area contributed by atoms with E-state index in [4.69, 9.17) is 5.11 Å². The van der Waals surface area contributed by atoms with Gasteiger partial charge in [-0.25, -0.2) is 4.79 Å². The summed E-state index contributed by atoms with van der Waals surface area (Å²) in [5.41, 5.74) is 0. The van der Waals surface area contributed by atoms with E-state index in [0.717, 1.165) is 12.8 Å². The quantitative estimate of drug-likeness (QED) is 0.585. The van der Waals surface area contributed by atoms with Crippen LogP contribution in [0.4, 0.5) is 0 Å². The first-order valence-corrected chi connectivity index (χ1v) is 5.67. The largest absolute Gasteiger partial charge is 0.475 e. The van der Waals surface area contributed by atoms with E-state index >= 15 is 0 Å². The fraction of sp³-hybridized carbons (Fsp3) is 0.750. The lowest BCUT2D eigenvalue weighted by Gasteiger charge is -2.33. The molecule has 1 aliphatic carbocycles. The number of Topliss-reactive ketones (excluding diaryl/α,β-unsaturated/α-hetero) is 2. The van der Waals surface area contributed by atoms with Crippen LogP contribution in [0, 0.1) is 23.7 Å². The van der Waals surface area contributed by atoms with Gasteiger partial charge in [0.15, 0.2) is 0 Å². The lowest BCUT2D eigenvalue weighted by atomic mass is 9.69. The van der Waals surface area contributed by atoms with Crippen molar-refractivity contribution in [2.75, 3.05) is 0 Å². The minimum Gasteiger partial charge on any atom is -0.475 e. The first kappa shape index (κ1) is 12.9. The van der Waals surface area contributed by atoms with Gasteiger partial charge in [-0.2, -0.15) is 0 Å². The summed E-state index contributed by atoms with van der Waals surface area (Å²) >= 11 is 0. The molecule has 0 aromatic carbocycles. The van der Waals surface area contributed by atoms with Crippen LogP contribution in [-0.4, -0.2) is 22.6 Å². The van der Waals surface area contributed by atoms with Crippen molar-refractivity contribution >= 4 is 17.5 Å². The van der Waals surface area contributed by atoms with Crippen molar-refractivity contribution in [1.29, 1.82) is 0 Å². The Labute approximate surface area is 95.0 Å². The molecule has 16 heavy (non-hydrogen) atoms. The molecule has 0 heterocycles. The molecule has 1 N–H and O–H groups in total. The second-order valence-electron chi connectivity index (χ2n) is 4.95. The van der Waals surface area contributed by atoms with Gasteiger partial charge in [-0.1, -0.05) is 20.8 Å². The minimum atomic E-state index is -1.49. The summed E-state index contributed by atoms with van der Waals surface area (Å²) in [5, 5.41) is 8.69. The second-order valence-corrected chi connectivity index (χ2v) is 4.95. The fourth-order valence-corrected chi connectivity index (χ4v) is 2.44. The first-order chi connectivity index (χ1) is 7.36. The van der Waals surface area contributed by atoms with E-state index in [1.807, 2.05) is 13.8 Å². The zero-order chi connectivity index (χ0) is 12.5. The lowest BCUT2D eigenvalue weighted by Crippen LogP contribution is -2.43. The Balaban J connectivity index is 2.92. The summed E-state index contributed by atoms with van der Waals surface area (Å²) in [6, 6.07) is 0. The molecule has 4 heteroatoms. The number of carbonyl (C=O) groups excluding carboxylic acids is 2. The van der Waals surface area contributed by atoms with Crippen molar-refractivity contribution in [2.45, 2.75) is 33.6 Å². The smallest absolute Gasteiger partial charge is 0.372 e. The molecule has 0 amide bonds. The Hall–Kier alpha value is -1.19. The van der Waals surface area contributed by atoms with Crippen molar-refractivity contribution in [3.05, 3.63) is 0 Å². The second kappa shape index (κ2) is 4.76. The van der Waals surface area contributed by atoms with E-state index in [1.54, 1.807) is 6.92 Å². The first-order valence-electron chi connectivity index (χ1n) is 5.67. The molecular weight excluding hydrogens is 208 g/mol. The number of hydrogen-bond acceptors (Lipinski definition) is 3. The SMILES string of the molecule is CC(C)C1CC[C@@H](C)C(C(=O)C(=O)O)C1=O. The maximum absolute atomic E-state index is 12.0. The summed E-state index contributed by atoms with van der Waals surface area (Å²) in [6.07, 6.45) is 1.51. The number of ketones is 2. The average Bonchev–Trinajstić information content (AvgIpc) is 2.16. The molecule has 0 spiro atoms. The highest BCUT2D eigenvalue weighted by atomic mass is 16.4. The molecule has 0 radical (unpaired) electrons. The summed E-state index contributed by atoms with van der Waals surface area (Å²) in [6.45, 7) is 5.64. The highest BCUT2D eigenvalue weighted by Gasteiger charge is 2.43. The van der Waals surface area contributed by atoms with Gasteiger partial charge in [0.25, 0.3) is 5.78 Å². The Morgan fingerprint density at radius 1 is 1.31 bits per heavy atom. The van der Waals surface area contributed by atoms with Crippen LogP contribution in [0.5, 0.6) is 0 Å². The van der Waals surface area contributed by atoms with Gasteiger partial charge >= 0.3 is 5.97 Å². The lowest BCUT2D eigenvalue weighted by molar-refractivity contribution is -0.156. The molecule has 4 nitrogen and oxygen atoms in total. The van der Waals surface area contributed by atoms with Crippen LogP contribution in [0.1, 0.15) is 33.6 Å². The molecule has 90 valence electrons. The molecule has 0 aliphatic heterocycles. The minimum absolute atomic E-state index is 0.147. The van der Waals surface area contributed by atoms with Crippen LogP contribution in [0.2, 0.25) is 0 Å². The number of carboxylic acid groups (broad SMARTS) is 1. The maximum Gasteiger partial charge on any atom is 0.372 e. The van der Waals surface area contributed by atoms with Crippen LogP contribution >= 0.6 is 0 Å². The number of hydrogen-bond donors (Lipinski definition) is 1. The normalized spacial score (nSPS) is 30.5. The van der Waals surface area contributed by atoms with E-state index < -0.39 is 17.7 Å². The summed E-state index contributed by atoms with van der Waals surface area (Å²) < 4.78 is 0. The van der Waals surface area contributed by atoms with Gasteiger partial charge in [0.2, 0.25) is 0 Å². The van der Waals surface area contributed by atoms with Crippen molar-refractivity contribution in [3.63, 3.8) is 0 Å². The van der Waals surface area contributed by atoms with Crippen molar-refractivity contribution in [2.24, 2.45) is 23.7 Å². The van der Waals surface area contributed by atoms with Gasteiger partial charge in [-0.3, -0.25) is 9.59 Å². The van der Waals surface area contributed by atoms with Crippen LogP contribution in [0.15, 0.2) is 0 Å². The summed E-state index contributed by atoms with van der Waals surface area (Å²) in [4.78, 5) is 34.2. The highest BCUT2D eigenvalue weighted by Crippen LogP contribution is 2.35. The van der Waals surface area contributed by atoms with Crippen molar-refractivity contribution in [3.8, 4) is 0 Å². The Bertz CT molecular complexity index is 319. The van der Waals surface area contributed by atoms with Crippen LogP contribution in [0.3, 0.4) is 0 Å².